The predicted octanol–water partition coefficient (Wildman–Crippen LogP) is 3.35. The molecule has 0 saturated heterocycles. The highest BCUT2D eigenvalue weighted by Gasteiger charge is 2.18. The van der Waals surface area contributed by atoms with Crippen molar-refractivity contribution >= 4 is 39.7 Å². The minimum absolute atomic E-state index is 0.0714. The molecule has 27 heavy (non-hydrogen) atoms. The molecule has 1 N–H and O–H groups in total. The molecule has 0 atom stereocenters. The van der Waals surface area contributed by atoms with Crippen molar-refractivity contribution in [1.82, 2.24) is 10.4 Å². The SMILES string of the molecule is COCc1c(Br)c(C)nc(OCC(=O)N/N=C/c2ccc(Cl)cc2)c1C#N. The lowest BCUT2D eigenvalue weighted by Gasteiger charge is -2.13. The van der Waals surface area contributed by atoms with Gasteiger partial charge in [0.25, 0.3) is 5.91 Å². The van der Waals surface area contributed by atoms with Crippen molar-refractivity contribution < 1.29 is 14.3 Å². The standard InChI is InChI=1S/C18H16BrClN4O3/c1-11-17(19)15(9-26-2)14(7-21)18(23-11)27-10-16(25)24-22-8-12-3-5-13(20)6-4-12/h3-6,8H,9-10H2,1-2H3,(H,24,25)/b22-8+. The molecule has 140 valence electrons. The number of nitriles is 1. The molecule has 0 aliphatic carbocycles. The predicted molar refractivity (Wildman–Crippen MR) is 105 cm³/mol. The van der Waals surface area contributed by atoms with Crippen LogP contribution in [-0.2, 0) is 16.1 Å². The minimum atomic E-state index is -0.486. The zero-order valence-corrected chi connectivity index (χ0v) is 17.0. The molecule has 1 aromatic heterocycles. The smallest absolute Gasteiger partial charge is 0.278 e. The number of methoxy groups -OCH3 is 1. The van der Waals surface area contributed by atoms with E-state index in [9.17, 15) is 10.1 Å². The van der Waals surface area contributed by atoms with E-state index in [4.69, 9.17) is 21.1 Å². The van der Waals surface area contributed by atoms with Crippen LogP contribution in [-0.4, -0.2) is 30.8 Å². The van der Waals surface area contributed by atoms with Gasteiger partial charge in [0.15, 0.2) is 6.61 Å². The largest absolute Gasteiger partial charge is 0.467 e. The number of ether oxygens (including phenoxy) is 2. The molecule has 0 aliphatic rings. The van der Waals surface area contributed by atoms with Gasteiger partial charge in [-0.1, -0.05) is 23.7 Å². The van der Waals surface area contributed by atoms with E-state index in [2.05, 4.69) is 31.4 Å². The summed E-state index contributed by atoms with van der Waals surface area (Å²) in [6, 6.07) is 9.00. The van der Waals surface area contributed by atoms with Gasteiger partial charge in [0, 0.05) is 22.2 Å². The second-order valence-electron chi connectivity index (χ2n) is 5.35. The van der Waals surface area contributed by atoms with Crippen LogP contribution in [0, 0.1) is 18.3 Å². The topological polar surface area (TPSA) is 96.6 Å². The zero-order valence-electron chi connectivity index (χ0n) is 14.6. The van der Waals surface area contributed by atoms with Crippen LogP contribution < -0.4 is 10.2 Å². The average Bonchev–Trinajstić information content (AvgIpc) is 2.65. The first-order chi connectivity index (χ1) is 13.0. The second kappa shape index (κ2) is 10.0. The number of nitrogens with one attached hydrogen (secondary N) is 1. The van der Waals surface area contributed by atoms with E-state index in [1.807, 2.05) is 6.07 Å². The fraction of sp³-hybridized carbons (Fsp3) is 0.222. The number of halogens is 2. The quantitative estimate of drug-likeness (QED) is 0.514. The van der Waals surface area contributed by atoms with E-state index in [0.717, 1.165) is 5.56 Å². The van der Waals surface area contributed by atoms with E-state index in [1.54, 1.807) is 31.2 Å². The van der Waals surface area contributed by atoms with Gasteiger partial charge in [-0.25, -0.2) is 10.4 Å². The number of aryl methyl sites for hydroxylation is 1. The second-order valence-corrected chi connectivity index (χ2v) is 6.58. The molecule has 2 aromatic rings. The van der Waals surface area contributed by atoms with Crippen molar-refractivity contribution in [2.75, 3.05) is 13.7 Å². The fourth-order valence-electron chi connectivity index (χ4n) is 2.11. The highest BCUT2D eigenvalue weighted by molar-refractivity contribution is 9.10. The maximum Gasteiger partial charge on any atom is 0.278 e. The minimum Gasteiger partial charge on any atom is -0.467 e. The lowest BCUT2D eigenvalue weighted by molar-refractivity contribution is -0.123. The summed E-state index contributed by atoms with van der Waals surface area (Å²) >= 11 is 9.19. The highest BCUT2D eigenvalue weighted by Crippen LogP contribution is 2.29. The lowest BCUT2D eigenvalue weighted by Crippen LogP contribution is -2.25. The van der Waals surface area contributed by atoms with Crippen molar-refractivity contribution in [2.24, 2.45) is 5.10 Å². The molecule has 0 fully saturated rings. The van der Waals surface area contributed by atoms with Crippen LogP contribution in [0.15, 0.2) is 33.8 Å². The molecule has 7 nitrogen and oxygen atoms in total. The maximum absolute atomic E-state index is 11.9. The summed E-state index contributed by atoms with van der Waals surface area (Å²) in [5.74, 6) is -0.415. The van der Waals surface area contributed by atoms with Crippen LogP contribution in [0.5, 0.6) is 5.88 Å². The number of benzene rings is 1. The van der Waals surface area contributed by atoms with Gasteiger partial charge in [0.05, 0.1) is 18.5 Å². The fourth-order valence-corrected chi connectivity index (χ4v) is 2.64. The van der Waals surface area contributed by atoms with Crippen molar-refractivity contribution in [3.63, 3.8) is 0 Å². The van der Waals surface area contributed by atoms with Crippen LogP contribution >= 0.6 is 27.5 Å². The van der Waals surface area contributed by atoms with Gasteiger partial charge < -0.3 is 9.47 Å². The number of hydrazone groups is 1. The Morgan fingerprint density at radius 1 is 1.44 bits per heavy atom. The van der Waals surface area contributed by atoms with Gasteiger partial charge in [0.2, 0.25) is 5.88 Å². The summed E-state index contributed by atoms with van der Waals surface area (Å²) in [6.45, 7) is 1.63. The number of rotatable bonds is 7. The molecule has 0 saturated carbocycles. The summed E-state index contributed by atoms with van der Waals surface area (Å²) in [5, 5.41) is 13.9. The van der Waals surface area contributed by atoms with Gasteiger partial charge in [0.1, 0.15) is 11.6 Å². The van der Waals surface area contributed by atoms with E-state index in [1.165, 1.54) is 13.3 Å². The van der Waals surface area contributed by atoms with Gasteiger partial charge in [-0.05, 0) is 40.5 Å². The number of aromatic nitrogens is 1. The number of carbonyl (C=O) groups is 1. The Balaban J connectivity index is 2.02. The van der Waals surface area contributed by atoms with E-state index in [0.29, 0.717) is 20.8 Å². The molecule has 0 spiro atoms. The molecule has 0 radical (unpaired) electrons. The molecular weight excluding hydrogens is 436 g/mol. The number of hydrogen-bond acceptors (Lipinski definition) is 6. The Bertz CT molecular complexity index is 895. The number of pyridine rings is 1. The Morgan fingerprint density at radius 3 is 2.78 bits per heavy atom. The third-order valence-electron chi connectivity index (χ3n) is 3.38. The van der Waals surface area contributed by atoms with E-state index < -0.39 is 5.91 Å². The third-order valence-corrected chi connectivity index (χ3v) is 4.69. The van der Waals surface area contributed by atoms with Crippen LogP contribution in [0.1, 0.15) is 22.4 Å². The Labute approximate surface area is 170 Å². The first-order valence-corrected chi connectivity index (χ1v) is 8.91. The molecule has 1 aromatic carbocycles. The van der Waals surface area contributed by atoms with Crippen LogP contribution in [0.2, 0.25) is 5.02 Å². The Kier molecular flexibility index (Phi) is 7.73. The van der Waals surface area contributed by atoms with Gasteiger partial charge in [-0.15, -0.1) is 0 Å². The van der Waals surface area contributed by atoms with Crippen LogP contribution in [0.25, 0.3) is 0 Å². The van der Waals surface area contributed by atoms with Crippen LogP contribution in [0.4, 0.5) is 0 Å². The van der Waals surface area contributed by atoms with Gasteiger partial charge >= 0.3 is 0 Å². The van der Waals surface area contributed by atoms with Gasteiger partial charge in [-0.2, -0.15) is 10.4 Å². The normalized spacial score (nSPS) is 10.6. The number of amides is 1. The van der Waals surface area contributed by atoms with Crippen molar-refractivity contribution in [2.45, 2.75) is 13.5 Å². The molecule has 0 aliphatic heterocycles. The first kappa shape index (κ1) is 20.8. The summed E-state index contributed by atoms with van der Waals surface area (Å²) in [6.07, 6.45) is 1.48. The van der Waals surface area contributed by atoms with E-state index in [-0.39, 0.29) is 24.7 Å². The van der Waals surface area contributed by atoms with E-state index >= 15 is 0 Å². The average molecular weight is 452 g/mol. The first-order valence-electron chi connectivity index (χ1n) is 7.74. The highest BCUT2D eigenvalue weighted by atomic mass is 79.9. The Morgan fingerprint density at radius 2 is 2.15 bits per heavy atom. The molecule has 1 heterocycles. The third kappa shape index (κ3) is 5.76. The molecule has 1 amide bonds. The van der Waals surface area contributed by atoms with Crippen LogP contribution in [0.3, 0.4) is 0 Å². The molecule has 9 heteroatoms. The van der Waals surface area contributed by atoms with Crippen molar-refractivity contribution in [3.05, 3.63) is 56.1 Å². The lowest BCUT2D eigenvalue weighted by atomic mass is 10.1. The maximum atomic E-state index is 11.9. The molecule has 0 unspecified atom stereocenters. The Hall–Kier alpha value is -2.47. The number of carbonyl (C=O) groups excluding carboxylic acids is 1. The van der Waals surface area contributed by atoms with Gasteiger partial charge in [-0.3, -0.25) is 4.79 Å². The monoisotopic (exact) mass is 450 g/mol. The van der Waals surface area contributed by atoms with Crippen molar-refractivity contribution in [1.29, 1.82) is 5.26 Å². The summed E-state index contributed by atoms with van der Waals surface area (Å²) in [4.78, 5) is 16.1. The van der Waals surface area contributed by atoms with Crippen molar-refractivity contribution in [3.8, 4) is 11.9 Å². The zero-order chi connectivity index (χ0) is 19.8. The molecule has 0 bridgehead atoms. The summed E-state index contributed by atoms with van der Waals surface area (Å²) in [5.41, 5.74) is 4.58. The molecular formula is C18H16BrClN4O3. The number of hydrogen-bond donors (Lipinski definition) is 1. The summed E-state index contributed by atoms with van der Waals surface area (Å²) < 4.78 is 11.2. The summed E-state index contributed by atoms with van der Waals surface area (Å²) in [7, 11) is 1.52. The number of nitrogens with zero attached hydrogens (tertiary/aromatic N) is 3. The molecule has 2 rings (SSSR count).